The maximum Gasteiger partial charge on any atom is 0.416 e. The molecule has 4 rings (SSSR count). The molecular formula is C22H18BrF3N2O3. The summed E-state index contributed by atoms with van der Waals surface area (Å²) in [5.74, 6) is -0.438. The normalized spacial score (nSPS) is 17.3. The third-order valence-electron chi connectivity index (χ3n) is 4.87. The second-order valence-corrected chi connectivity index (χ2v) is 8.07. The Kier molecular flexibility index (Phi) is 6.15. The monoisotopic (exact) mass is 494 g/mol. The largest absolute Gasteiger partial charge is 0.438 e. The van der Waals surface area contributed by atoms with Crippen molar-refractivity contribution in [3.05, 3.63) is 69.7 Å². The van der Waals surface area contributed by atoms with Gasteiger partial charge in [-0.05, 0) is 55.3 Å². The Morgan fingerprint density at radius 3 is 2.77 bits per heavy atom. The van der Waals surface area contributed by atoms with Crippen molar-refractivity contribution in [2.75, 3.05) is 13.2 Å². The van der Waals surface area contributed by atoms with Gasteiger partial charge in [0.15, 0.2) is 0 Å². The number of carbonyl (C=O) groups is 1. The van der Waals surface area contributed by atoms with Crippen LogP contribution in [0.15, 0.2) is 62.4 Å². The van der Waals surface area contributed by atoms with E-state index in [1.54, 1.807) is 24.3 Å². The maximum absolute atomic E-state index is 13.1. The Morgan fingerprint density at radius 2 is 2.03 bits per heavy atom. The van der Waals surface area contributed by atoms with Gasteiger partial charge in [-0.3, -0.25) is 4.79 Å². The summed E-state index contributed by atoms with van der Waals surface area (Å²) in [7, 11) is 0. The molecule has 1 atom stereocenters. The molecule has 0 spiro atoms. The third-order valence-corrected chi connectivity index (χ3v) is 5.36. The molecule has 0 radical (unpaired) electrons. The molecule has 1 saturated heterocycles. The minimum Gasteiger partial charge on any atom is -0.438 e. The zero-order valence-electron chi connectivity index (χ0n) is 16.2. The number of amides is 1. The van der Waals surface area contributed by atoms with Gasteiger partial charge >= 0.3 is 6.18 Å². The van der Waals surface area contributed by atoms with E-state index in [0.29, 0.717) is 24.1 Å². The molecule has 1 aromatic heterocycles. The summed E-state index contributed by atoms with van der Waals surface area (Å²) in [4.78, 5) is 17.1. The van der Waals surface area contributed by atoms with Crippen LogP contribution in [-0.4, -0.2) is 25.2 Å². The summed E-state index contributed by atoms with van der Waals surface area (Å²) >= 11 is 3.38. The lowest BCUT2D eigenvalue weighted by molar-refractivity contribution is -0.137. The van der Waals surface area contributed by atoms with E-state index in [-0.39, 0.29) is 22.9 Å². The van der Waals surface area contributed by atoms with Crippen LogP contribution in [0, 0.1) is 0 Å². The van der Waals surface area contributed by atoms with Gasteiger partial charge in [0.25, 0.3) is 5.91 Å². The van der Waals surface area contributed by atoms with E-state index in [1.807, 2.05) is 0 Å². The molecule has 0 saturated carbocycles. The molecule has 1 aliphatic rings. The van der Waals surface area contributed by atoms with Crippen LogP contribution in [0.25, 0.3) is 11.0 Å². The van der Waals surface area contributed by atoms with E-state index in [9.17, 15) is 18.0 Å². The molecule has 1 fully saturated rings. The fraction of sp³-hybridized carbons (Fsp3) is 0.273. The minimum absolute atomic E-state index is 0.0308. The van der Waals surface area contributed by atoms with Crippen LogP contribution in [0.4, 0.5) is 18.9 Å². The average Bonchev–Trinajstić information content (AvgIpc) is 3.25. The zero-order chi connectivity index (χ0) is 22.0. The molecule has 1 amide bonds. The van der Waals surface area contributed by atoms with Crippen molar-refractivity contribution in [2.45, 2.75) is 25.1 Å². The number of benzene rings is 2. The van der Waals surface area contributed by atoms with Crippen LogP contribution in [-0.2, 0) is 10.9 Å². The van der Waals surface area contributed by atoms with Gasteiger partial charge in [-0.1, -0.05) is 22.0 Å². The molecule has 3 aromatic rings. The zero-order valence-corrected chi connectivity index (χ0v) is 17.8. The highest BCUT2D eigenvalue weighted by Gasteiger charge is 2.30. The van der Waals surface area contributed by atoms with E-state index >= 15 is 0 Å². The molecule has 31 heavy (non-hydrogen) atoms. The minimum atomic E-state index is -4.50. The second kappa shape index (κ2) is 8.84. The molecule has 0 unspecified atom stereocenters. The second-order valence-electron chi connectivity index (χ2n) is 7.15. The molecule has 1 N–H and O–H groups in total. The van der Waals surface area contributed by atoms with Gasteiger partial charge in [0, 0.05) is 23.0 Å². The first kappa shape index (κ1) is 21.6. The highest BCUT2D eigenvalue weighted by atomic mass is 79.9. The van der Waals surface area contributed by atoms with E-state index < -0.39 is 17.6 Å². The Hall–Kier alpha value is -2.65. The molecule has 0 bridgehead atoms. The van der Waals surface area contributed by atoms with Crippen LogP contribution in [0.1, 0.15) is 28.8 Å². The van der Waals surface area contributed by atoms with Gasteiger partial charge < -0.3 is 14.5 Å². The first-order valence-electron chi connectivity index (χ1n) is 9.65. The van der Waals surface area contributed by atoms with Crippen molar-refractivity contribution in [2.24, 2.45) is 4.99 Å². The lowest BCUT2D eigenvalue weighted by Gasteiger charge is -2.11. The van der Waals surface area contributed by atoms with Crippen molar-refractivity contribution in [1.29, 1.82) is 0 Å². The van der Waals surface area contributed by atoms with Crippen molar-refractivity contribution in [1.82, 2.24) is 5.32 Å². The van der Waals surface area contributed by atoms with Gasteiger partial charge in [-0.2, -0.15) is 13.2 Å². The van der Waals surface area contributed by atoms with Crippen LogP contribution in [0.5, 0.6) is 0 Å². The fourth-order valence-electron chi connectivity index (χ4n) is 3.32. The highest BCUT2D eigenvalue weighted by molar-refractivity contribution is 9.10. The number of halogens is 4. The Morgan fingerprint density at radius 1 is 1.19 bits per heavy atom. The molecule has 2 aromatic carbocycles. The van der Waals surface area contributed by atoms with Crippen molar-refractivity contribution in [3.63, 3.8) is 0 Å². The summed E-state index contributed by atoms with van der Waals surface area (Å²) in [5, 5.41) is 3.46. The summed E-state index contributed by atoms with van der Waals surface area (Å²) in [5.41, 5.74) is -0.296. The molecule has 9 heteroatoms. The highest BCUT2D eigenvalue weighted by Crippen LogP contribution is 2.31. The number of hydrogen-bond acceptors (Lipinski definition) is 4. The number of nitrogens with one attached hydrogen (secondary N) is 1. The lowest BCUT2D eigenvalue weighted by Crippen LogP contribution is -2.34. The fourth-order valence-corrected chi connectivity index (χ4v) is 3.70. The molecule has 5 nitrogen and oxygen atoms in total. The number of nitrogens with zero attached hydrogens (tertiary/aromatic N) is 1. The number of carbonyl (C=O) groups excluding carboxylic acids is 1. The first-order chi connectivity index (χ1) is 14.8. The van der Waals surface area contributed by atoms with E-state index in [0.717, 1.165) is 29.4 Å². The Labute approximate surface area is 184 Å². The van der Waals surface area contributed by atoms with Crippen LogP contribution in [0.3, 0.4) is 0 Å². The lowest BCUT2D eigenvalue weighted by atomic mass is 10.1. The van der Waals surface area contributed by atoms with Gasteiger partial charge in [-0.25, -0.2) is 4.99 Å². The quantitative estimate of drug-likeness (QED) is 0.531. The number of alkyl halides is 3. The predicted molar refractivity (Wildman–Crippen MR) is 112 cm³/mol. The standard InChI is InChI=1S/C22H18BrF3N2O3/c23-15-6-7-19-13(9-15)10-18(20(29)27-12-17-5-2-8-30-17)21(31-19)28-16-4-1-3-14(11-16)22(24,25)26/h1,3-4,6-7,9-11,17H,2,5,8,12H2,(H,27,29)/t17-/m1/s1. The smallest absolute Gasteiger partial charge is 0.416 e. The van der Waals surface area contributed by atoms with Crippen LogP contribution >= 0.6 is 15.9 Å². The van der Waals surface area contributed by atoms with E-state index in [4.69, 9.17) is 9.15 Å². The van der Waals surface area contributed by atoms with Gasteiger partial charge in [0.2, 0.25) is 5.55 Å². The summed E-state index contributed by atoms with van der Waals surface area (Å²) in [6.07, 6.45) is -2.76. The Balaban J connectivity index is 1.77. The Bertz CT molecular complexity index is 1180. The first-order valence-corrected chi connectivity index (χ1v) is 10.4. The molecule has 0 aliphatic carbocycles. The molecule has 2 heterocycles. The van der Waals surface area contributed by atoms with Gasteiger partial charge in [0.05, 0.1) is 17.4 Å². The van der Waals surface area contributed by atoms with Gasteiger partial charge in [0.1, 0.15) is 11.1 Å². The maximum atomic E-state index is 13.1. The summed E-state index contributed by atoms with van der Waals surface area (Å²) in [6, 6.07) is 11.4. The van der Waals surface area contributed by atoms with Crippen molar-refractivity contribution in [3.8, 4) is 0 Å². The van der Waals surface area contributed by atoms with E-state index in [2.05, 4.69) is 26.2 Å². The topological polar surface area (TPSA) is 63.8 Å². The van der Waals surface area contributed by atoms with Crippen LogP contribution < -0.4 is 10.9 Å². The van der Waals surface area contributed by atoms with E-state index in [1.165, 1.54) is 12.1 Å². The van der Waals surface area contributed by atoms with Crippen LogP contribution in [0.2, 0.25) is 0 Å². The number of rotatable bonds is 4. The summed E-state index contributed by atoms with van der Waals surface area (Å²) < 4.78 is 51.3. The molecular weight excluding hydrogens is 477 g/mol. The third kappa shape index (κ3) is 5.16. The average molecular weight is 495 g/mol. The van der Waals surface area contributed by atoms with Gasteiger partial charge in [-0.15, -0.1) is 0 Å². The van der Waals surface area contributed by atoms with Crippen molar-refractivity contribution >= 4 is 38.5 Å². The predicted octanol–water partition coefficient (Wildman–Crippen LogP) is 5.36. The number of ether oxygens (including phenoxy) is 1. The summed E-state index contributed by atoms with van der Waals surface area (Å²) in [6.45, 7) is 0.994. The van der Waals surface area contributed by atoms with Crippen molar-refractivity contribution < 1.29 is 27.1 Å². The number of fused-ring (bicyclic) bond motifs is 1. The number of hydrogen-bond donors (Lipinski definition) is 1. The SMILES string of the molecule is O=C(NC[C@H]1CCCO1)c1cc2cc(Br)ccc2oc1=Nc1cccc(C(F)(F)F)c1. The molecule has 162 valence electrons. The molecule has 1 aliphatic heterocycles.